The number of aryl methyl sites for hydroxylation is 1. The molecule has 0 unspecified atom stereocenters. The fourth-order valence-electron chi connectivity index (χ4n) is 1.58. The third-order valence-electron chi connectivity index (χ3n) is 2.49. The zero-order valence-electron chi connectivity index (χ0n) is 10.4. The maximum absolute atomic E-state index is 5.26. The van der Waals surface area contributed by atoms with Crippen LogP contribution in [0.15, 0.2) is 16.7 Å². The fraction of sp³-hybridized carbons (Fsp3) is 0.333. The Bertz CT molecular complexity index is 636. The number of nitrogens with zero attached hydrogens (tertiary/aromatic N) is 3. The van der Waals surface area contributed by atoms with Gasteiger partial charge in [-0.2, -0.15) is 0 Å². The summed E-state index contributed by atoms with van der Waals surface area (Å²) < 4.78 is 1.39. The van der Waals surface area contributed by atoms with Crippen molar-refractivity contribution in [3.05, 3.63) is 32.9 Å². The molecule has 6 heteroatoms. The summed E-state index contributed by atoms with van der Waals surface area (Å²) in [4.78, 5) is 16.1. The molecule has 0 aromatic carbocycles. The molecule has 0 aliphatic rings. The molecule has 0 bridgehead atoms. The van der Waals surface area contributed by atoms with Gasteiger partial charge in [0.1, 0.15) is 16.2 Å². The lowest BCUT2D eigenvalue weighted by Gasteiger charge is -2.11. The lowest BCUT2D eigenvalue weighted by atomic mass is 10.1. The molecule has 2 aromatic rings. The number of nitrogens with one attached hydrogen (secondary N) is 1. The van der Waals surface area contributed by atoms with Crippen LogP contribution in [0.5, 0.6) is 0 Å². The van der Waals surface area contributed by atoms with E-state index in [9.17, 15) is 0 Å². The molecule has 0 aliphatic heterocycles. The van der Waals surface area contributed by atoms with Gasteiger partial charge in [0.05, 0.1) is 4.47 Å². The van der Waals surface area contributed by atoms with E-state index in [1.165, 1.54) is 0 Å². The van der Waals surface area contributed by atoms with Gasteiger partial charge in [-0.05, 0) is 34.8 Å². The van der Waals surface area contributed by atoms with E-state index < -0.39 is 0 Å². The Balaban J connectivity index is 2.63. The van der Waals surface area contributed by atoms with Gasteiger partial charge in [-0.15, -0.1) is 0 Å². The highest BCUT2D eigenvalue weighted by molar-refractivity contribution is 9.10. The van der Waals surface area contributed by atoms with Crippen molar-refractivity contribution >= 4 is 28.1 Å². The Morgan fingerprint density at radius 3 is 2.67 bits per heavy atom. The van der Waals surface area contributed by atoms with Crippen molar-refractivity contribution < 1.29 is 0 Å². The number of halogens is 1. The zero-order chi connectivity index (χ0) is 13.3. The second-order valence-electron chi connectivity index (χ2n) is 4.26. The molecule has 0 amide bonds. The van der Waals surface area contributed by atoms with E-state index in [0.29, 0.717) is 22.2 Å². The van der Waals surface area contributed by atoms with Gasteiger partial charge in [0.15, 0.2) is 5.82 Å². The topological polar surface area (TPSA) is 54.5 Å². The number of aromatic amines is 1. The maximum Gasteiger partial charge on any atom is 0.158 e. The van der Waals surface area contributed by atoms with Crippen LogP contribution in [0.1, 0.15) is 31.3 Å². The van der Waals surface area contributed by atoms with Crippen molar-refractivity contribution in [3.63, 3.8) is 0 Å². The Morgan fingerprint density at radius 1 is 1.33 bits per heavy atom. The largest absolute Gasteiger partial charge is 0.341 e. The second kappa shape index (κ2) is 5.24. The van der Waals surface area contributed by atoms with Crippen molar-refractivity contribution in [2.75, 3.05) is 0 Å². The quantitative estimate of drug-likeness (QED) is 0.854. The number of hydrogen-bond acceptors (Lipinski definition) is 4. The average Bonchev–Trinajstić information content (AvgIpc) is 2.32. The summed E-state index contributed by atoms with van der Waals surface area (Å²) in [6, 6.07) is 1.82. The standard InChI is InChI=1S/C12H13BrN4S/c1-6(2)10-9(13)12(18)17-11(16-10)8-4-5-14-7(3)15-8/h4-6H,1-3H3,(H,16,17,18). The minimum atomic E-state index is 0.325. The first-order valence-corrected chi connectivity index (χ1v) is 6.79. The van der Waals surface area contributed by atoms with Crippen molar-refractivity contribution in [2.24, 2.45) is 0 Å². The van der Waals surface area contributed by atoms with Crippen LogP contribution in [0.3, 0.4) is 0 Å². The fourth-order valence-corrected chi connectivity index (χ4v) is 2.43. The highest BCUT2D eigenvalue weighted by Crippen LogP contribution is 2.25. The summed E-state index contributed by atoms with van der Waals surface area (Å²) in [5, 5.41) is 0. The molecule has 4 nitrogen and oxygen atoms in total. The number of aromatic nitrogens is 4. The van der Waals surface area contributed by atoms with E-state index >= 15 is 0 Å². The molecule has 2 rings (SSSR count). The van der Waals surface area contributed by atoms with E-state index in [2.05, 4.69) is 49.7 Å². The SMILES string of the molecule is Cc1nccc(-c2nc(=S)c(Br)c(C(C)C)[nH]2)n1. The first-order chi connectivity index (χ1) is 8.49. The molecule has 2 aromatic heterocycles. The molecular formula is C12H13BrN4S. The Morgan fingerprint density at radius 2 is 2.06 bits per heavy atom. The van der Waals surface area contributed by atoms with E-state index in [1.54, 1.807) is 6.20 Å². The molecule has 0 fully saturated rings. The van der Waals surface area contributed by atoms with Crippen LogP contribution in [0.25, 0.3) is 11.5 Å². The summed E-state index contributed by atoms with van der Waals surface area (Å²) in [6.07, 6.45) is 1.72. The predicted molar refractivity (Wildman–Crippen MR) is 77.0 cm³/mol. The van der Waals surface area contributed by atoms with Crippen LogP contribution in [-0.4, -0.2) is 19.9 Å². The maximum atomic E-state index is 5.26. The van der Waals surface area contributed by atoms with E-state index in [-0.39, 0.29) is 0 Å². The average molecular weight is 325 g/mol. The molecular weight excluding hydrogens is 312 g/mol. The third kappa shape index (κ3) is 2.64. The Hall–Kier alpha value is -1.14. The van der Waals surface area contributed by atoms with Crippen molar-refractivity contribution in [1.29, 1.82) is 0 Å². The monoisotopic (exact) mass is 324 g/mol. The molecule has 1 N–H and O–H groups in total. The van der Waals surface area contributed by atoms with Gasteiger partial charge < -0.3 is 4.98 Å². The normalized spacial score (nSPS) is 10.9. The molecule has 94 valence electrons. The zero-order valence-corrected chi connectivity index (χ0v) is 12.8. The lowest BCUT2D eigenvalue weighted by molar-refractivity contribution is 0.805. The van der Waals surface area contributed by atoms with E-state index in [0.717, 1.165) is 15.9 Å². The summed E-state index contributed by atoms with van der Waals surface area (Å²) in [5.74, 6) is 1.71. The molecule has 2 heterocycles. The first kappa shape index (κ1) is 13.3. The highest BCUT2D eigenvalue weighted by Gasteiger charge is 2.11. The number of H-pyrrole nitrogens is 1. The van der Waals surface area contributed by atoms with Gasteiger partial charge >= 0.3 is 0 Å². The van der Waals surface area contributed by atoms with Crippen LogP contribution in [0, 0.1) is 11.6 Å². The van der Waals surface area contributed by atoms with Crippen LogP contribution < -0.4 is 0 Å². The molecule has 0 spiro atoms. The Labute approximate surface area is 119 Å². The molecule has 0 radical (unpaired) electrons. The van der Waals surface area contributed by atoms with Crippen LogP contribution >= 0.6 is 28.1 Å². The molecule has 0 saturated heterocycles. The van der Waals surface area contributed by atoms with Crippen LogP contribution in [-0.2, 0) is 0 Å². The predicted octanol–water partition coefficient (Wildman–Crippen LogP) is 3.79. The number of rotatable bonds is 2. The summed E-state index contributed by atoms with van der Waals surface area (Å²) in [5.41, 5.74) is 1.78. The van der Waals surface area contributed by atoms with Crippen molar-refractivity contribution in [3.8, 4) is 11.5 Å². The van der Waals surface area contributed by atoms with Crippen molar-refractivity contribution in [2.45, 2.75) is 26.7 Å². The van der Waals surface area contributed by atoms with Gasteiger partial charge in [0.2, 0.25) is 0 Å². The molecule has 18 heavy (non-hydrogen) atoms. The highest BCUT2D eigenvalue weighted by atomic mass is 79.9. The van der Waals surface area contributed by atoms with Gasteiger partial charge in [0, 0.05) is 11.9 Å². The molecule has 0 saturated carbocycles. The van der Waals surface area contributed by atoms with Crippen LogP contribution in [0.4, 0.5) is 0 Å². The number of hydrogen-bond donors (Lipinski definition) is 1. The summed E-state index contributed by atoms with van der Waals surface area (Å²) >= 11 is 8.73. The van der Waals surface area contributed by atoms with Gasteiger partial charge in [-0.1, -0.05) is 26.1 Å². The second-order valence-corrected chi connectivity index (χ2v) is 5.44. The summed E-state index contributed by atoms with van der Waals surface area (Å²) in [6.45, 7) is 6.04. The minimum absolute atomic E-state index is 0.325. The third-order valence-corrected chi connectivity index (χ3v) is 3.85. The van der Waals surface area contributed by atoms with E-state index in [1.807, 2.05) is 13.0 Å². The first-order valence-electron chi connectivity index (χ1n) is 5.58. The minimum Gasteiger partial charge on any atom is -0.341 e. The molecule has 0 atom stereocenters. The van der Waals surface area contributed by atoms with Crippen molar-refractivity contribution in [1.82, 2.24) is 19.9 Å². The van der Waals surface area contributed by atoms with Gasteiger partial charge in [0.25, 0.3) is 0 Å². The lowest BCUT2D eigenvalue weighted by Crippen LogP contribution is -2.02. The van der Waals surface area contributed by atoms with Crippen LogP contribution in [0.2, 0.25) is 0 Å². The van der Waals surface area contributed by atoms with Gasteiger partial charge in [-0.3, -0.25) is 0 Å². The van der Waals surface area contributed by atoms with Gasteiger partial charge in [-0.25, -0.2) is 15.0 Å². The smallest absolute Gasteiger partial charge is 0.158 e. The Kier molecular flexibility index (Phi) is 3.87. The van der Waals surface area contributed by atoms with E-state index in [4.69, 9.17) is 12.2 Å². The summed E-state index contributed by atoms with van der Waals surface area (Å²) in [7, 11) is 0. The molecule has 0 aliphatic carbocycles.